The number of imide groups is 1. The van der Waals surface area contributed by atoms with Gasteiger partial charge in [0.2, 0.25) is 5.91 Å². The highest BCUT2D eigenvalue weighted by atomic mass is 16.5. The van der Waals surface area contributed by atoms with Crippen LogP contribution in [0.4, 0.5) is 4.79 Å². The molecule has 0 radical (unpaired) electrons. The summed E-state index contributed by atoms with van der Waals surface area (Å²) in [5, 5.41) is 4.65. The third-order valence-electron chi connectivity index (χ3n) is 4.40. The molecule has 0 saturated heterocycles. The first kappa shape index (κ1) is 21.2. The van der Waals surface area contributed by atoms with Crippen molar-refractivity contribution in [2.45, 2.75) is 26.1 Å². The molecule has 3 amide bonds. The highest BCUT2D eigenvalue weighted by molar-refractivity contribution is 5.96. The maximum absolute atomic E-state index is 12.1. The van der Waals surface area contributed by atoms with E-state index in [0.717, 1.165) is 11.1 Å². The lowest BCUT2D eigenvalue weighted by Gasteiger charge is -2.24. The summed E-state index contributed by atoms with van der Waals surface area (Å²) < 4.78 is 11.3. The maximum Gasteiger partial charge on any atom is 0.321 e. The van der Waals surface area contributed by atoms with Crippen molar-refractivity contribution in [3.05, 3.63) is 59.7 Å². The first-order valence-corrected chi connectivity index (χ1v) is 9.01. The van der Waals surface area contributed by atoms with Crippen molar-refractivity contribution < 1.29 is 19.1 Å². The summed E-state index contributed by atoms with van der Waals surface area (Å²) in [5.41, 5.74) is 2.04. The number of likely N-dealkylation sites (N-methyl/N-ethyl adjacent to an activating group) is 1. The minimum atomic E-state index is -0.521. The fourth-order valence-electron chi connectivity index (χ4n) is 2.57. The molecule has 7 nitrogen and oxygen atoms in total. The topological polar surface area (TPSA) is 79.9 Å². The number of nitrogens with one attached hydrogen (secondary N) is 2. The average molecular weight is 385 g/mol. The Morgan fingerprint density at radius 3 is 2.43 bits per heavy atom. The Morgan fingerprint density at radius 2 is 1.79 bits per heavy atom. The van der Waals surface area contributed by atoms with E-state index in [1.54, 1.807) is 14.0 Å². The van der Waals surface area contributed by atoms with Crippen molar-refractivity contribution in [3.63, 3.8) is 0 Å². The van der Waals surface area contributed by atoms with Crippen LogP contribution < -0.4 is 20.1 Å². The van der Waals surface area contributed by atoms with E-state index in [0.29, 0.717) is 24.7 Å². The highest BCUT2D eigenvalue weighted by Gasteiger charge is 2.20. The van der Waals surface area contributed by atoms with Gasteiger partial charge in [-0.15, -0.1) is 0 Å². The summed E-state index contributed by atoms with van der Waals surface area (Å²) in [6, 6.07) is 14.6. The number of hydrogen-bond acceptors (Lipinski definition) is 5. The van der Waals surface area contributed by atoms with Gasteiger partial charge in [0.15, 0.2) is 11.5 Å². The van der Waals surface area contributed by atoms with Crippen LogP contribution in [0.25, 0.3) is 0 Å². The average Bonchev–Trinajstić information content (AvgIpc) is 2.72. The smallest absolute Gasteiger partial charge is 0.321 e. The Hall–Kier alpha value is -3.06. The van der Waals surface area contributed by atoms with Gasteiger partial charge in [0.05, 0.1) is 13.2 Å². The van der Waals surface area contributed by atoms with Gasteiger partial charge in [0.25, 0.3) is 0 Å². The lowest BCUT2D eigenvalue weighted by atomic mass is 10.1. The van der Waals surface area contributed by atoms with Crippen molar-refractivity contribution in [2.24, 2.45) is 0 Å². The Balaban J connectivity index is 2.00. The third kappa shape index (κ3) is 5.99. The lowest BCUT2D eigenvalue weighted by Crippen LogP contribution is -2.47. The first-order valence-electron chi connectivity index (χ1n) is 9.01. The number of carbonyl (C=O) groups is 2. The molecule has 2 N–H and O–H groups in total. The quantitative estimate of drug-likeness (QED) is 0.730. The Morgan fingerprint density at radius 1 is 1.07 bits per heavy atom. The van der Waals surface area contributed by atoms with Gasteiger partial charge in [-0.1, -0.05) is 36.4 Å². The minimum absolute atomic E-state index is 0.364. The van der Waals surface area contributed by atoms with E-state index in [2.05, 4.69) is 10.6 Å². The largest absolute Gasteiger partial charge is 0.493 e. The van der Waals surface area contributed by atoms with E-state index in [1.165, 1.54) is 7.05 Å². The fraction of sp³-hybridized carbons (Fsp3) is 0.333. The molecule has 28 heavy (non-hydrogen) atoms. The van der Waals surface area contributed by atoms with Gasteiger partial charge in [-0.25, -0.2) is 4.79 Å². The molecule has 0 fully saturated rings. The molecular weight excluding hydrogens is 358 g/mol. The number of nitrogens with zero attached hydrogens (tertiary/aromatic N) is 1. The molecule has 1 atom stereocenters. The van der Waals surface area contributed by atoms with E-state index in [1.807, 2.05) is 60.5 Å². The first-order chi connectivity index (χ1) is 13.4. The number of ether oxygens (including phenoxy) is 2. The predicted molar refractivity (Wildman–Crippen MR) is 107 cm³/mol. The lowest BCUT2D eigenvalue weighted by molar-refractivity contribution is -0.124. The van der Waals surface area contributed by atoms with Crippen LogP contribution in [-0.4, -0.2) is 44.1 Å². The fourth-order valence-corrected chi connectivity index (χ4v) is 2.57. The van der Waals surface area contributed by atoms with E-state index in [4.69, 9.17) is 9.47 Å². The molecule has 0 bridgehead atoms. The van der Waals surface area contributed by atoms with E-state index >= 15 is 0 Å². The van der Waals surface area contributed by atoms with Gasteiger partial charge in [0, 0.05) is 13.6 Å². The van der Waals surface area contributed by atoms with Crippen LogP contribution in [0, 0.1) is 0 Å². The minimum Gasteiger partial charge on any atom is -0.493 e. The molecule has 0 aromatic heterocycles. The molecule has 0 aliphatic carbocycles. The van der Waals surface area contributed by atoms with Crippen LogP contribution in [-0.2, 0) is 17.9 Å². The summed E-state index contributed by atoms with van der Waals surface area (Å²) in [6.45, 7) is 2.71. The number of amides is 3. The molecule has 7 heteroatoms. The molecule has 0 heterocycles. The molecule has 0 unspecified atom stereocenters. The van der Waals surface area contributed by atoms with Crippen LogP contribution in [0.5, 0.6) is 11.5 Å². The SMILES string of the molecule is CNC(=O)NC(=O)[C@@H](C)N(C)Cc1ccc(OCc2ccccc2)c(OC)c1. The second kappa shape index (κ2) is 10.3. The molecule has 0 aliphatic heterocycles. The van der Waals surface area contributed by atoms with Crippen LogP contribution in [0.2, 0.25) is 0 Å². The number of hydrogen-bond donors (Lipinski definition) is 2. The Bertz CT molecular complexity index is 795. The van der Waals surface area contributed by atoms with Gasteiger partial charge in [0.1, 0.15) is 6.61 Å². The molecule has 0 saturated carbocycles. The predicted octanol–water partition coefficient (Wildman–Crippen LogP) is 2.55. The van der Waals surface area contributed by atoms with E-state index in [-0.39, 0.29) is 5.91 Å². The summed E-state index contributed by atoms with van der Waals surface area (Å²) >= 11 is 0. The molecule has 2 aromatic carbocycles. The molecular formula is C21H27N3O4. The summed E-state index contributed by atoms with van der Waals surface area (Å²) in [5.74, 6) is 0.920. The van der Waals surface area contributed by atoms with Gasteiger partial charge in [-0.05, 0) is 37.2 Å². The number of carbonyl (C=O) groups excluding carboxylic acids is 2. The molecule has 2 rings (SSSR count). The highest BCUT2D eigenvalue weighted by Crippen LogP contribution is 2.29. The van der Waals surface area contributed by atoms with E-state index in [9.17, 15) is 9.59 Å². The van der Waals surface area contributed by atoms with Crippen molar-refractivity contribution in [1.82, 2.24) is 15.5 Å². The van der Waals surface area contributed by atoms with Crippen molar-refractivity contribution in [2.75, 3.05) is 21.2 Å². The van der Waals surface area contributed by atoms with Crippen molar-refractivity contribution in [1.29, 1.82) is 0 Å². The summed E-state index contributed by atoms with van der Waals surface area (Å²) in [6.07, 6.45) is 0. The van der Waals surface area contributed by atoms with Gasteiger partial charge < -0.3 is 14.8 Å². The van der Waals surface area contributed by atoms with Crippen molar-refractivity contribution >= 4 is 11.9 Å². The zero-order chi connectivity index (χ0) is 20.5. The van der Waals surface area contributed by atoms with E-state index < -0.39 is 12.1 Å². The number of methoxy groups -OCH3 is 1. The number of rotatable bonds is 8. The van der Waals surface area contributed by atoms with Crippen LogP contribution in [0.15, 0.2) is 48.5 Å². The zero-order valence-electron chi connectivity index (χ0n) is 16.7. The van der Waals surface area contributed by atoms with Crippen LogP contribution >= 0.6 is 0 Å². The molecule has 0 aliphatic rings. The molecule has 150 valence electrons. The van der Waals surface area contributed by atoms with Crippen LogP contribution in [0.3, 0.4) is 0 Å². The van der Waals surface area contributed by atoms with Gasteiger partial charge >= 0.3 is 6.03 Å². The third-order valence-corrected chi connectivity index (χ3v) is 4.40. The second-order valence-electron chi connectivity index (χ2n) is 6.42. The summed E-state index contributed by atoms with van der Waals surface area (Å²) in [7, 11) is 4.88. The monoisotopic (exact) mass is 385 g/mol. The normalized spacial score (nSPS) is 11.6. The van der Waals surface area contributed by atoms with Crippen molar-refractivity contribution in [3.8, 4) is 11.5 Å². The molecule has 0 spiro atoms. The maximum atomic E-state index is 12.1. The zero-order valence-corrected chi connectivity index (χ0v) is 16.7. The second-order valence-corrected chi connectivity index (χ2v) is 6.42. The van der Waals surface area contributed by atoms with Crippen LogP contribution in [0.1, 0.15) is 18.1 Å². The van der Waals surface area contributed by atoms with Gasteiger partial charge in [-0.2, -0.15) is 0 Å². The molecule has 2 aromatic rings. The standard InChI is InChI=1S/C21H27N3O4/c1-15(20(25)23-21(26)22-2)24(3)13-17-10-11-18(19(12-17)27-4)28-14-16-8-6-5-7-9-16/h5-12,15H,13-14H2,1-4H3,(H2,22,23,25,26)/t15-/m1/s1. The summed E-state index contributed by atoms with van der Waals surface area (Å²) in [4.78, 5) is 25.2. The number of benzene rings is 2. The van der Waals surface area contributed by atoms with Gasteiger partial charge in [-0.3, -0.25) is 15.0 Å². The number of urea groups is 1. The Labute approximate surface area is 165 Å². The Kier molecular flexibility index (Phi) is 7.83.